The molecule has 166 valence electrons. The third kappa shape index (κ3) is 5.04. The molecule has 1 heterocycles. The van der Waals surface area contributed by atoms with Gasteiger partial charge >= 0.3 is 0 Å². The number of sulfonamides is 1. The van der Waals surface area contributed by atoms with Gasteiger partial charge in [0.1, 0.15) is 5.82 Å². The quantitative estimate of drug-likeness (QED) is 0.621. The molecule has 0 atom stereocenters. The summed E-state index contributed by atoms with van der Waals surface area (Å²) in [7, 11) is -3.76. The normalized spacial score (nSPS) is 15.4. The molecule has 1 aliphatic heterocycles. The van der Waals surface area contributed by atoms with Crippen molar-refractivity contribution in [3.63, 3.8) is 0 Å². The Bertz CT molecular complexity index is 1190. The molecular formula is C24H24FN3O3S. The van der Waals surface area contributed by atoms with Gasteiger partial charge in [-0.05, 0) is 29.8 Å². The molecule has 6 nitrogen and oxygen atoms in total. The summed E-state index contributed by atoms with van der Waals surface area (Å²) >= 11 is 0. The van der Waals surface area contributed by atoms with E-state index in [0.717, 1.165) is 22.9 Å². The highest BCUT2D eigenvalue weighted by Gasteiger charge is 2.29. The summed E-state index contributed by atoms with van der Waals surface area (Å²) < 4.78 is 40.3. The maximum Gasteiger partial charge on any atom is 0.243 e. The summed E-state index contributed by atoms with van der Waals surface area (Å²) in [5.41, 5.74) is 2.68. The van der Waals surface area contributed by atoms with Gasteiger partial charge < -0.3 is 5.32 Å². The van der Waals surface area contributed by atoms with E-state index < -0.39 is 15.8 Å². The number of benzene rings is 3. The number of hydrogen-bond acceptors (Lipinski definition) is 4. The van der Waals surface area contributed by atoms with E-state index in [0.29, 0.717) is 13.1 Å². The molecule has 4 rings (SSSR count). The van der Waals surface area contributed by atoms with Crippen LogP contribution in [0.15, 0.2) is 83.8 Å². The zero-order valence-electron chi connectivity index (χ0n) is 17.4. The number of piperazine rings is 1. The predicted molar refractivity (Wildman–Crippen MR) is 122 cm³/mol. The van der Waals surface area contributed by atoms with Crippen LogP contribution in [0.4, 0.5) is 10.1 Å². The Morgan fingerprint density at radius 1 is 0.875 bits per heavy atom. The smallest absolute Gasteiger partial charge is 0.243 e. The van der Waals surface area contributed by atoms with Gasteiger partial charge in [0, 0.05) is 37.4 Å². The Morgan fingerprint density at radius 3 is 2.28 bits per heavy atom. The van der Waals surface area contributed by atoms with Gasteiger partial charge in [-0.3, -0.25) is 9.69 Å². The molecule has 1 aliphatic rings. The van der Waals surface area contributed by atoms with Crippen LogP contribution in [0.2, 0.25) is 0 Å². The van der Waals surface area contributed by atoms with Crippen LogP contribution >= 0.6 is 0 Å². The minimum absolute atomic E-state index is 0.0544. The lowest BCUT2D eigenvalue weighted by Gasteiger charge is -2.33. The van der Waals surface area contributed by atoms with Gasteiger partial charge in [-0.15, -0.1) is 0 Å². The second kappa shape index (κ2) is 9.60. The number of amides is 1. The Kier molecular flexibility index (Phi) is 6.64. The zero-order valence-corrected chi connectivity index (χ0v) is 18.3. The second-order valence-electron chi connectivity index (χ2n) is 7.60. The highest BCUT2D eigenvalue weighted by molar-refractivity contribution is 7.89. The van der Waals surface area contributed by atoms with Crippen molar-refractivity contribution in [2.45, 2.75) is 4.90 Å². The van der Waals surface area contributed by atoms with Gasteiger partial charge in [-0.2, -0.15) is 4.31 Å². The Labute approximate surface area is 187 Å². The van der Waals surface area contributed by atoms with Gasteiger partial charge in [0.2, 0.25) is 15.9 Å². The fourth-order valence-electron chi connectivity index (χ4n) is 3.76. The minimum Gasteiger partial charge on any atom is -0.324 e. The number of nitrogens with zero attached hydrogens (tertiary/aromatic N) is 2. The van der Waals surface area contributed by atoms with Gasteiger partial charge in [0.05, 0.1) is 11.4 Å². The molecule has 0 unspecified atom stereocenters. The lowest BCUT2D eigenvalue weighted by Crippen LogP contribution is -2.50. The number of halogens is 1. The van der Waals surface area contributed by atoms with Crippen molar-refractivity contribution in [1.82, 2.24) is 9.21 Å². The third-order valence-electron chi connectivity index (χ3n) is 5.42. The fourth-order valence-corrected chi connectivity index (χ4v) is 5.21. The van der Waals surface area contributed by atoms with Crippen LogP contribution in [0.5, 0.6) is 0 Å². The summed E-state index contributed by atoms with van der Waals surface area (Å²) in [6.45, 7) is 1.49. The predicted octanol–water partition coefficient (Wildman–Crippen LogP) is 3.44. The lowest BCUT2D eigenvalue weighted by atomic mass is 10.0. The Morgan fingerprint density at radius 2 is 1.56 bits per heavy atom. The van der Waals surface area contributed by atoms with Crippen LogP contribution in [-0.4, -0.2) is 56.3 Å². The van der Waals surface area contributed by atoms with Crippen LogP contribution in [0.25, 0.3) is 11.1 Å². The van der Waals surface area contributed by atoms with Crippen LogP contribution < -0.4 is 5.32 Å². The van der Waals surface area contributed by atoms with E-state index >= 15 is 0 Å². The number of carbonyl (C=O) groups excluding carboxylic acids is 1. The van der Waals surface area contributed by atoms with Gasteiger partial charge in [0.25, 0.3) is 0 Å². The first kappa shape index (κ1) is 22.1. The van der Waals surface area contributed by atoms with Crippen molar-refractivity contribution in [2.75, 3.05) is 38.0 Å². The van der Waals surface area contributed by atoms with Gasteiger partial charge in [0.15, 0.2) is 0 Å². The Hall–Kier alpha value is -3.07. The topological polar surface area (TPSA) is 69.7 Å². The molecule has 8 heteroatoms. The largest absolute Gasteiger partial charge is 0.324 e. The zero-order chi connectivity index (χ0) is 22.6. The van der Waals surface area contributed by atoms with E-state index in [1.807, 2.05) is 59.5 Å². The molecule has 0 aliphatic carbocycles. The maximum atomic E-state index is 13.5. The van der Waals surface area contributed by atoms with Crippen LogP contribution in [0.3, 0.4) is 0 Å². The molecule has 0 saturated carbocycles. The molecule has 0 bridgehead atoms. The van der Waals surface area contributed by atoms with Crippen molar-refractivity contribution in [2.24, 2.45) is 0 Å². The number of rotatable bonds is 6. The Balaban J connectivity index is 1.36. The molecule has 1 N–H and O–H groups in total. The van der Waals surface area contributed by atoms with Crippen molar-refractivity contribution in [1.29, 1.82) is 0 Å². The first-order chi connectivity index (χ1) is 15.4. The van der Waals surface area contributed by atoms with Gasteiger partial charge in [-0.25, -0.2) is 12.8 Å². The standard InChI is InChI=1S/C24H24FN3O3S/c25-20-9-6-10-21(17-20)32(30,31)28-15-13-27(14-16-28)18-24(29)26-23-12-5-4-11-22(23)19-7-2-1-3-8-19/h1-12,17H,13-16,18H2,(H,26,29). The van der Waals surface area contributed by atoms with E-state index in [4.69, 9.17) is 0 Å². The van der Waals surface area contributed by atoms with Crippen molar-refractivity contribution < 1.29 is 17.6 Å². The van der Waals surface area contributed by atoms with Crippen LogP contribution in [0, 0.1) is 5.82 Å². The lowest BCUT2D eigenvalue weighted by molar-refractivity contribution is -0.117. The molecule has 1 amide bonds. The number of nitrogens with one attached hydrogen (secondary N) is 1. The molecule has 3 aromatic rings. The number of carbonyl (C=O) groups is 1. The molecule has 0 spiro atoms. The molecule has 1 saturated heterocycles. The fraction of sp³-hybridized carbons (Fsp3) is 0.208. The van der Waals surface area contributed by atoms with E-state index in [-0.39, 0.29) is 30.4 Å². The van der Waals surface area contributed by atoms with Gasteiger partial charge in [-0.1, -0.05) is 54.6 Å². The summed E-state index contributed by atoms with van der Waals surface area (Å²) in [6, 6.07) is 22.5. The first-order valence-corrected chi connectivity index (χ1v) is 11.8. The highest BCUT2D eigenvalue weighted by Crippen LogP contribution is 2.27. The van der Waals surface area contributed by atoms with E-state index in [2.05, 4.69) is 5.32 Å². The number of para-hydroxylation sites is 1. The molecular weight excluding hydrogens is 429 g/mol. The van der Waals surface area contributed by atoms with E-state index in [9.17, 15) is 17.6 Å². The molecule has 3 aromatic carbocycles. The van der Waals surface area contributed by atoms with Crippen LogP contribution in [-0.2, 0) is 14.8 Å². The SMILES string of the molecule is O=C(CN1CCN(S(=O)(=O)c2cccc(F)c2)CC1)Nc1ccccc1-c1ccccc1. The number of anilines is 1. The first-order valence-electron chi connectivity index (χ1n) is 10.4. The summed E-state index contributed by atoms with van der Waals surface area (Å²) in [4.78, 5) is 14.5. The van der Waals surface area contributed by atoms with E-state index in [1.165, 1.54) is 22.5 Å². The van der Waals surface area contributed by atoms with E-state index in [1.54, 1.807) is 0 Å². The highest BCUT2D eigenvalue weighted by atomic mass is 32.2. The molecule has 0 radical (unpaired) electrons. The van der Waals surface area contributed by atoms with Crippen LogP contribution in [0.1, 0.15) is 0 Å². The third-order valence-corrected chi connectivity index (χ3v) is 7.31. The van der Waals surface area contributed by atoms with Crippen molar-refractivity contribution >= 4 is 21.6 Å². The monoisotopic (exact) mass is 453 g/mol. The second-order valence-corrected chi connectivity index (χ2v) is 9.54. The average Bonchev–Trinajstić information content (AvgIpc) is 2.80. The minimum atomic E-state index is -3.76. The molecule has 0 aromatic heterocycles. The number of hydrogen-bond donors (Lipinski definition) is 1. The van der Waals surface area contributed by atoms with Crippen molar-refractivity contribution in [3.8, 4) is 11.1 Å². The summed E-state index contributed by atoms with van der Waals surface area (Å²) in [6.07, 6.45) is 0. The molecule has 1 fully saturated rings. The summed E-state index contributed by atoms with van der Waals surface area (Å²) in [5, 5.41) is 2.98. The molecule has 32 heavy (non-hydrogen) atoms. The van der Waals surface area contributed by atoms with Crippen molar-refractivity contribution in [3.05, 3.63) is 84.7 Å². The average molecular weight is 454 g/mol. The summed E-state index contributed by atoms with van der Waals surface area (Å²) in [5.74, 6) is -0.744. The maximum absolute atomic E-state index is 13.5.